The van der Waals surface area contributed by atoms with E-state index in [0.29, 0.717) is 24.0 Å². The molecule has 1 amide bonds. The summed E-state index contributed by atoms with van der Waals surface area (Å²) in [6.07, 6.45) is 2.26. The molecule has 6 heteroatoms. The Hall–Kier alpha value is -3.02. The SMILES string of the molecule is O=C(Cn1cnc2ccccc2c1=O)N1CCC(c2ccc(F)cc2)C1. The van der Waals surface area contributed by atoms with Gasteiger partial charge >= 0.3 is 0 Å². The van der Waals surface area contributed by atoms with Crippen molar-refractivity contribution >= 4 is 16.8 Å². The predicted molar refractivity (Wildman–Crippen MR) is 96.3 cm³/mol. The molecule has 0 saturated carbocycles. The molecule has 26 heavy (non-hydrogen) atoms. The highest BCUT2D eigenvalue weighted by atomic mass is 19.1. The van der Waals surface area contributed by atoms with Crippen molar-refractivity contribution in [2.75, 3.05) is 13.1 Å². The van der Waals surface area contributed by atoms with Crippen molar-refractivity contribution < 1.29 is 9.18 Å². The monoisotopic (exact) mass is 351 g/mol. The molecule has 0 bridgehead atoms. The zero-order valence-electron chi connectivity index (χ0n) is 14.1. The first-order valence-corrected chi connectivity index (χ1v) is 8.59. The summed E-state index contributed by atoms with van der Waals surface area (Å²) in [5.41, 5.74) is 1.45. The second-order valence-electron chi connectivity index (χ2n) is 6.57. The number of amides is 1. The van der Waals surface area contributed by atoms with Crippen LogP contribution in [0.3, 0.4) is 0 Å². The molecule has 1 aliphatic rings. The summed E-state index contributed by atoms with van der Waals surface area (Å²) >= 11 is 0. The number of aromatic nitrogens is 2. The number of hydrogen-bond acceptors (Lipinski definition) is 3. The minimum absolute atomic E-state index is 0.0210. The third kappa shape index (κ3) is 3.10. The van der Waals surface area contributed by atoms with Gasteiger partial charge in [0.05, 0.1) is 17.2 Å². The Morgan fingerprint density at radius 1 is 1.15 bits per heavy atom. The summed E-state index contributed by atoms with van der Waals surface area (Å²) in [5, 5.41) is 0.508. The first kappa shape index (κ1) is 16.4. The van der Waals surface area contributed by atoms with E-state index in [1.54, 1.807) is 35.2 Å². The van der Waals surface area contributed by atoms with Gasteiger partial charge in [-0.15, -0.1) is 0 Å². The van der Waals surface area contributed by atoms with Crippen molar-refractivity contribution in [3.63, 3.8) is 0 Å². The summed E-state index contributed by atoms with van der Waals surface area (Å²) in [4.78, 5) is 31.1. The molecule has 0 radical (unpaired) electrons. The molecule has 0 aliphatic carbocycles. The third-order valence-corrected chi connectivity index (χ3v) is 4.92. The van der Waals surface area contributed by atoms with Gasteiger partial charge in [0.25, 0.3) is 5.56 Å². The lowest BCUT2D eigenvalue weighted by Crippen LogP contribution is -2.35. The Bertz CT molecular complexity index is 1010. The lowest BCUT2D eigenvalue weighted by atomic mass is 9.99. The van der Waals surface area contributed by atoms with E-state index in [1.165, 1.54) is 23.0 Å². The van der Waals surface area contributed by atoms with Crippen LogP contribution in [-0.4, -0.2) is 33.4 Å². The van der Waals surface area contributed by atoms with Gasteiger partial charge in [0, 0.05) is 19.0 Å². The number of likely N-dealkylation sites (tertiary alicyclic amines) is 1. The van der Waals surface area contributed by atoms with Gasteiger partial charge in [0.2, 0.25) is 5.91 Å². The van der Waals surface area contributed by atoms with Gasteiger partial charge in [-0.2, -0.15) is 0 Å². The molecule has 3 aromatic rings. The lowest BCUT2D eigenvalue weighted by Gasteiger charge is -2.17. The quantitative estimate of drug-likeness (QED) is 0.729. The van der Waals surface area contributed by atoms with E-state index in [1.807, 2.05) is 6.07 Å². The topological polar surface area (TPSA) is 55.2 Å². The standard InChI is InChI=1S/C20H18FN3O2/c21-16-7-5-14(6-8-16)15-9-10-23(11-15)19(25)12-24-13-22-18-4-2-1-3-17(18)20(24)26/h1-8,13,15H,9-12H2. The molecule has 1 aromatic heterocycles. The van der Waals surface area contributed by atoms with Crippen molar-refractivity contribution in [2.45, 2.75) is 18.9 Å². The van der Waals surface area contributed by atoms with Crippen LogP contribution in [0.25, 0.3) is 10.9 Å². The van der Waals surface area contributed by atoms with Gasteiger partial charge in [-0.3, -0.25) is 14.2 Å². The van der Waals surface area contributed by atoms with Crippen molar-refractivity contribution in [3.05, 3.63) is 76.6 Å². The molecule has 1 aliphatic heterocycles. The van der Waals surface area contributed by atoms with Crippen LogP contribution in [0.1, 0.15) is 17.9 Å². The van der Waals surface area contributed by atoms with Crippen molar-refractivity contribution in [2.24, 2.45) is 0 Å². The van der Waals surface area contributed by atoms with E-state index in [9.17, 15) is 14.0 Å². The molecule has 0 spiro atoms. The number of para-hydroxylation sites is 1. The minimum atomic E-state index is -0.261. The van der Waals surface area contributed by atoms with Crippen LogP contribution in [0.15, 0.2) is 59.7 Å². The molecule has 1 unspecified atom stereocenters. The number of nitrogens with zero attached hydrogens (tertiary/aromatic N) is 3. The fourth-order valence-electron chi connectivity index (χ4n) is 3.46. The first-order valence-electron chi connectivity index (χ1n) is 8.59. The fourth-order valence-corrected chi connectivity index (χ4v) is 3.46. The zero-order valence-corrected chi connectivity index (χ0v) is 14.1. The number of hydrogen-bond donors (Lipinski definition) is 0. The summed E-state index contributed by atoms with van der Waals surface area (Å²) < 4.78 is 14.4. The van der Waals surface area contributed by atoms with Crippen molar-refractivity contribution in [1.29, 1.82) is 0 Å². The molecule has 132 valence electrons. The minimum Gasteiger partial charge on any atom is -0.341 e. The summed E-state index contributed by atoms with van der Waals surface area (Å²) in [7, 11) is 0. The van der Waals surface area contributed by atoms with E-state index in [-0.39, 0.29) is 29.7 Å². The van der Waals surface area contributed by atoms with Gasteiger partial charge < -0.3 is 4.90 Å². The zero-order chi connectivity index (χ0) is 18.1. The largest absolute Gasteiger partial charge is 0.341 e. The summed E-state index contributed by atoms with van der Waals surface area (Å²) in [6.45, 7) is 1.20. The molecule has 4 rings (SSSR count). The molecular weight excluding hydrogens is 333 g/mol. The molecule has 5 nitrogen and oxygen atoms in total. The van der Waals surface area contributed by atoms with E-state index < -0.39 is 0 Å². The van der Waals surface area contributed by atoms with Crippen LogP contribution < -0.4 is 5.56 Å². The van der Waals surface area contributed by atoms with Crippen LogP contribution in [0.4, 0.5) is 4.39 Å². The highest BCUT2D eigenvalue weighted by Gasteiger charge is 2.27. The van der Waals surface area contributed by atoms with Crippen LogP contribution >= 0.6 is 0 Å². The molecule has 1 saturated heterocycles. The predicted octanol–water partition coefficient (Wildman–Crippen LogP) is 2.55. The molecule has 1 atom stereocenters. The number of fused-ring (bicyclic) bond motifs is 1. The Balaban J connectivity index is 1.48. The lowest BCUT2D eigenvalue weighted by molar-refractivity contribution is -0.130. The molecular formula is C20H18FN3O2. The Kier molecular flexibility index (Phi) is 4.24. The maximum absolute atomic E-state index is 13.1. The molecule has 1 fully saturated rings. The maximum atomic E-state index is 13.1. The van der Waals surface area contributed by atoms with Crippen molar-refractivity contribution in [3.8, 4) is 0 Å². The Labute approximate surface area is 149 Å². The maximum Gasteiger partial charge on any atom is 0.261 e. The number of rotatable bonds is 3. The Morgan fingerprint density at radius 3 is 2.73 bits per heavy atom. The van der Waals surface area contributed by atoms with E-state index >= 15 is 0 Å². The highest BCUT2D eigenvalue weighted by molar-refractivity contribution is 5.79. The van der Waals surface area contributed by atoms with Crippen LogP contribution in [0, 0.1) is 5.82 Å². The normalized spacial score (nSPS) is 17.0. The van der Waals surface area contributed by atoms with Gasteiger partial charge in [-0.05, 0) is 36.2 Å². The number of benzene rings is 2. The first-order chi connectivity index (χ1) is 12.6. The van der Waals surface area contributed by atoms with Gasteiger partial charge in [0.1, 0.15) is 12.4 Å². The number of carbonyl (C=O) groups excluding carboxylic acids is 1. The average Bonchev–Trinajstić information content (AvgIpc) is 3.15. The van der Waals surface area contributed by atoms with Crippen molar-refractivity contribution in [1.82, 2.24) is 14.5 Å². The van der Waals surface area contributed by atoms with Gasteiger partial charge in [-0.25, -0.2) is 9.37 Å². The van der Waals surface area contributed by atoms with Gasteiger partial charge in [0.15, 0.2) is 0 Å². The molecule has 2 aromatic carbocycles. The van der Waals surface area contributed by atoms with E-state index in [2.05, 4.69) is 4.98 Å². The Morgan fingerprint density at radius 2 is 1.92 bits per heavy atom. The number of halogens is 1. The molecule has 2 heterocycles. The second kappa shape index (κ2) is 6.71. The van der Waals surface area contributed by atoms with Crippen LogP contribution in [-0.2, 0) is 11.3 Å². The average molecular weight is 351 g/mol. The van der Waals surface area contributed by atoms with Gasteiger partial charge in [-0.1, -0.05) is 24.3 Å². The summed E-state index contributed by atoms with van der Waals surface area (Å²) in [6, 6.07) is 13.5. The fraction of sp³-hybridized carbons (Fsp3) is 0.250. The number of carbonyl (C=O) groups is 1. The van der Waals surface area contributed by atoms with E-state index in [0.717, 1.165) is 12.0 Å². The molecule has 0 N–H and O–H groups in total. The second-order valence-corrected chi connectivity index (χ2v) is 6.57. The smallest absolute Gasteiger partial charge is 0.261 e. The highest BCUT2D eigenvalue weighted by Crippen LogP contribution is 2.27. The summed E-state index contributed by atoms with van der Waals surface area (Å²) in [5.74, 6) is -0.164. The van der Waals surface area contributed by atoms with Crippen LogP contribution in [0.2, 0.25) is 0 Å². The van der Waals surface area contributed by atoms with Crippen LogP contribution in [0.5, 0.6) is 0 Å². The third-order valence-electron chi connectivity index (χ3n) is 4.92. The van der Waals surface area contributed by atoms with E-state index in [4.69, 9.17) is 0 Å².